The van der Waals surface area contributed by atoms with E-state index in [9.17, 15) is 35.7 Å². The number of benzene rings is 7. The van der Waals surface area contributed by atoms with Crippen LogP contribution in [-0.4, -0.2) is 35.7 Å². The van der Waals surface area contributed by atoms with Crippen molar-refractivity contribution in [3.05, 3.63) is 91.0 Å². The van der Waals surface area contributed by atoms with Gasteiger partial charge in [-0.15, -0.1) is 0 Å². The molecule has 0 saturated heterocycles. The standard InChI is InChI=1S/C36H22O8/c37-28-25(29(38)33(42)35-26(28)27-30(39)31(40)32(41)34(43)36(27)44-35)24-21-11-5-3-9-19(21)23(20-10-4-6-12-22(20)24)18-14-13-16-7-1-2-8-17(16)15-18/h1-15,37-43H. The van der Waals surface area contributed by atoms with Gasteiger partial charge in [-0.1, -0.05) is 84.9 Å². The Morgan fingerprint density at radius 1 is 0.364 bits per heavy atom. The number of fused-ring (bicyclic) bond motifs is 6. The smallest absolute Gasteiger partial charge is 0.208 e. The number of aromatic hydroxyl groups is 7. The normalized spacial score (nSPS) is 11.8. The van der Waals surface area contributed by atoms with Gasteiger partial charge in [0, 0.05) is 5.56 Å². The van der Waals surface area contributed by atoms with E-state index in [-0.39, 0.29) is 16.3 Å². The fourth-order valence-corrected chi connectivity index (χ4v) is 6.42. The lowest BCUT2D eigenvalue weighted by molar-refractivity contribution is 0.348. The van der Waals surface area contributed by atoms with Gasteiger partial charge in [0.05, 0.1) is 16.3 Å². The predicted molar refractivity (Wildman–Crippen MR) is 169 cm³/mol. The molecule has 0 spiro atoms. The zero-order chi connectivity index (χ0) is 30.4. The molecule has 8 rings (SSSR count). The summed E-state index contributed by atoms with van der Waals surface area (Å²) < 4.78 is 5.52. The van der Waals surface area contributed by atoms with Crippen LogP contribution in [0.5, 0.6) is 40.2 Å². The van der Waals surface area contributed by atoms with Gasteiger partial charge in [0.15, 0.2) is 22.7 Å². The minimum absolute atomic E-state index is 0.151. The molecule has 8 aromatic rings. The topological polar surface area (TPSA) is 155 Å². The van der Waals surface area contributed by atoms with Crippen molar-refractivity contribution in [3.63, 3.8) is 0 Å². The van der Waals surface area contributed by atoms with Crippen molar-refractivity contribution in [2.45, 2.75) is 0 Å². The molecule has 0 atom stereocenters. The first-order chi connectivity index (χ1) is 21.3. The van der Waals surface area contributed by atoms with Crippen LogP contribution in [0.1, 0.15) is 0 Å². The van der Waals surface area contributed by atoms with Gasteiger partial charge in [-0.2, -0.15) is 0 Å². The summed E-state index contributed by atoms with van der Waals surface area (Å²) in [5.74, 6) is -5.93. The molecule has 7 N–H and O–H groups in total. The van der Waals surface area contributed by atoms with Crippen molar-refractivity contribution in [2.24, 2.45) is 0 Å². The molecule has 1 heterocycles. The highest BCUT2D eigenvalue weighted by Crippen LogP contribution is 2.60. The minimum atomic E-state index is -1.04. The van der Waals surface area contributed by atoms with E-state index in [2.05, 4.69) is 18.2 Å². The van der Waals surface area contributed by atoms with Crippen LogP contribution in [-0.2, 0) is 0 Å². The fourth-order valence-electron chi connectivity index (χ4n) is 6.42. The lowest BCUT2D eigenvalue weighted by Crippen LogP contribution is -1.92. The molecule has 7 aromatic carbocycles. The summed E-state index contributed by atoms with van der Waals surface area (Å²) in [4.78, 5) is 0. The van der Waals surface area contributed by atoms with Crippen LogP contribution in [0.25, 0.3) is 76.5 Å². The van der Waals surface area contributed by atoms with Gasteiger partial charge in [0.25, 0.3) is 0 Å². The van der Waals surface area contributed by atoms with Crippen LogP contribution in [0, 0.1) is 0 Å². The Bertz CT molecular complexity index is 2470. The Kier molecular flexibility index (Phi) is 5.12. The molecule has 0 aliphatic heterocycles. The molecule has 1 aromatic heterocycles. The monoisotopic (exact) mass is 582 g/mol. The molecule has 0 bridgehead atoms. The molecule has 0 amide bonds. The zero-order valence-corrected chi connectivity index (χ0v) is 22.7. The average Bonchev–Trinajstić information content (AvgIpc) is 3.46. The molecule has 0 aliphatic carbocycles. The molecule has 8 nitrogen and oxygen atoms in total. The largest absolute Gasteiger partial charge is 0.506 e. The summed E-state index contributed by atoms with van der Waals surface area (Å²) in [5, 5.41) is 80.4. The third kappa shape index (κ3) is 3.22. The molecular weight excluding hydrogens is 560 g/mol. The van der Waals surface area contributed by atoms with Crippen LogP contribution in [0.2, 0.25) is 0 Å². The van der Waals surface area contributed by atoms with Gasteiger partial charge in [-0.25, -0.2) is 0 Å². The Morgan fingerprint density at radius 2 is 0.841 bits per heavy atom. The first kappa shape index (κ1) is 25.4. The van der Waals surface area contributed by atoms with Crippen LogP contribution in [0.3, 0.4) is 0 Å². The summed E-state index contributed by atoms with van der Waals surface area (Å²) in [6.07, 6.45) is 0. The number of furan rings is 1. The maximum Gasteiger partial charge on any atom is 0.208 e. The number of phenols is 7. The SMILES string of the molecule is Oc1c(O)c(O)c2c(oc3c(O)c(O)c(-c4c5ccccc5c(-c5ccc6ccccc6c5)c5ccccc45)c(O)c32)c1O. The molecule has 8 heteroatoms. The van der Waals surface area contributed by atoms with Crippen LogP contribution in [0.4, 0.5) is 0 Å². The molecular formula is C36H22O8. The van der Waals surface area contributed by atoms with E-state index in [0.717, 1.165) is 32.7 Å². The van der Waals surface area contributed by atoms with E-state index in [1.807, 2.05) is 72.8 Å². The van der Waals surface area contributed by atoms with Crippen molar-refractivity contribution in [1.82, 2.24) is 0 Å². The van der Waals surface area contributed by atoms with Gasteiger partial charge < -0.3 is 40.2 Å². The quantitative estimate of drug-likeness (QED) is 0.0610. The highest BCUT2D eigenvalue weighted by Gasteiger charge is 2.32. The van der Waals surface area contributed by atoms with E-state index in [4.69, 9.17) is 4.42 Å². The van der Waals surface area contributed by atoms with Crippen molar-refractivity contribution in [1.29, 1.82) is 0 Å². The maximum atomic E-state index is 11.8. The second-order valence-electron chi connectivity index (χ2n) is 10.7. The lowest BCUT2D eigenvalue weighted by atomic mass is 9.84. The Morgan fingerprint density at radius 3 is 1.45 bits per heavy atom. The van der Waals surface area contributed by atoms with Crippen molar-refractivity contribution >= 4 is 54.3 Å². The molecule has 0 unspecified atom stereocenters. The Balaban J connectivity index is 1.55. The van der Waals surface area contributed by atoms with Crippen LogP contribution >= 0.6 is 0 Å². The van der Waals surface area contributed by atoms with E-state index in [1.165, 1.54) is 0 Å². The molecule has 0 radical (unpaired) electrons. The van der Waals surface area contributed by atoms with Gasteiger partial charge in [0.2, 0.25) is 23.0 Å². The third-order valence-electron chi connectivity index (χ3n) is 8.40. The van der Waals surface area contributed by atoms with Gasteiger partial charge in [-0.05, 0) is 49.5 Å². The molecule has 214 valence electrons. The molecule has 0 saturated carbocycles. The summed E-state index contributed by atoms with van der Waals surface area (Å²) in [5.41, 5.74) is 1.18. The van der Waals surface area contributed by atoms with Gasteiger partial charge in [0.1, 0.15) is 5.75 Å². The van der Waals surface area contributed by atoms with E-state index < -0.39 is 51.4 Å². The Labute approximate surface area is 247 Å². The first-order valence-corrected chi connectivity index (χ1v) is 13.7. The van der Waals surface area contributed by atoms with Crippen molar-refractivity contribution in [2.75, 3.05) is 0 Å². The average molecular weight is 583 g/mol. The van der Waals surface area contributed by atoms with Crippen molar-refractivity contribution < 1.29 is 40.2 Å². The summed E-state index contributed by atoms with van der Waals surface area (Å²) in [6.45, 7) is 0. The summed E-state index contributed by atoms with van der Waals surface area (Å²) in [7, 11) is 0. The zero-order valence-electron chi connectivity index (χ0n) is 22.7. The second kappa shape index (κ2) is 8.86. The Hall–Kier alpha value is -6.28. The van der Waals surface area contributed by atoms with E-state index in [0.29, 0.717) is 16.3 Å². The van der Waals surface area contributed by atoms with Gasteiger partial charge >= 0.3 is 0 Å². The van der Waals surface area contributed by atoms with E-state index >= 15 is 0 Å². The number of phenolic OH excluding ortho intramolecular Hbond substituents is 7. The summed E-state index contributed by atoms with van der Waals surface area (Å²) >= 11 is 0. The number of hydrogen-bond donors (Lipinski definition) is 7. The lowest BCUT2D eigenvalue weighted by Gasteiger charge is -2.19. The van der Waals surface area contributed by atoms with Crippen LogP contribution < -0.4 is 0 Å². The minimum Gasteiger partial charge on any atom is -0.506 e. The molecule has 44 heavy (non-hydrogen) atoms. The molecule has 0 fully saturated rings. The number of rotatable bonds is 2. The second-order valence-corrected chi connectivity index (χ2v) is 10.7. The van der Waals surface area contributed by atoms with Crippen molar-refractivity contribution in [3.8, 4) is 62.5 Å². The predicted octanol–water partition coefficient (Wildman–Crippen LogP) is 8.32. The van der Waals surface area contributed by atoms with E-state index in [1.54, 1.807) is 0 Å². The van der Waals surface area contributed by atoms with Gasteiger partial charge in [-0.3, -0.25) is 0 Å². The molecule has 0 aliphatic rings. The fraction of sp³-hybridized carbons (Fsp3) is 0. The maximum absolute atomic E-state index is 11.8. The third-order valence-corrected chi connectivity index (χ3v) is 8.40. The highest BCUT2D eigenvalue weighted by atomic mass is 16.4. The highest BCUT2D eigenvalue weighted by molar-refractivity contribution is 6.26. The first-order valence-electron chi connectivity index (χ1n) is 13.7. The van der Waals surface area contributed by atoms with Crippen LogP contribution in [0.15, 0.2) is 95.4 Å². The summed E-state index contributed by atoms with van der Waals surface area (Å²) in [6, 6.07) is 29.3. The number of hydrogen-bond acceptors (Lipinski definition) is 8.